The molecule has 1 aliphatic heterocycles. The van der Waals surface area contributed by atoms with Crippen LogP contribution in [0.5, 0.6) is 0 Å². The van der Waals surface area contributed by atoms with E-state index in [-0.39, 0.29) is 0 Å². The maximum atomic E-state index is 3.65. The zero-order valence-corrected chi connectivity index (χ0v) is 9.28. The highest BCUT2D eigenvalue weighted by Gasteiger charge is 2.08. The Bertz CT molecular complexity index is 221. The molecule has 12 heavy (non-hydrogen) atoms. The van der Waals surface area contributed by atoms with Crippen molar-refractivity contribution in [2.24, 2.45) is 0 Å². The Labute approximate surface area is 87.2 Å². The molecule has 1 aliphatic rings. The van der Waals surface area contributed by atoms with Crippen molar-refractivity contribution in [3.05, 3.63) is 36.7 Å². The highest BCUT2D eigenvalue weighted by molar-refractivity contribution is 14.1. The van der Waals surface area contributed by atoms with Crippen LogP contribution in [-0.4, -0.2) is 22.5 Å². The smallest absolute Gasteiger partial charge is 0.101 e. The number of halogens is 1. The number of hydrogen-bond donors (Lipinski definition) is 1. The van der Waals surface area contributed by atoms with Gasteiger partial charge in [-0.3, -0.25) is 0 Å². The second kappa shape index (κ2) is 4.54. The molecule has 0 aromatic rings. The van der Waals surface area contributed by atoms with Crippen molar-refractivity contribution in [3.63, 3.8) is 0 Å². The largest absolute Gasteiger partial charge is 0.382 e. The van der Waals surface area contributed by atoms with E-state index >= 15 is 0 Å². The number of nitrogens with one attached hydrogen (secondary N) is 1. The zero-order valence-electron chi connectivity index (χ0n) is 7.13. The van der Waals surface area contributed by atoms with E-state index in [1.54, 1.807) is 0 Å². The fourth-order valence-electron chi connectivity index (χ4n) is 0.909. The summed E-state index contributed by atoms with van der Waals surface area (Å²) in [5.74, 6) is 0. The van der Waals surface area contributed by atoms with Gasteiger partial charge in [-0.05, 0) is 12.2 Å². The van der Waals surface area contributed by atoms with E-state index in [0.717, 1.165) is 6.54 Å². The first kappa shape index (κ1) is 9.64. The van der Waals surface area contributed by atoms with Gasteiger partial charge in [0, 0.05) is 25.5 Å². The van der Waals surface area contributed by atoms with Gasteiger partial charge in [0.2, 0.25) is 0 Å². The molecule has 0 fully saturated rings. The van der Waals surface area contributed by atoms with Gasteiger partial charge in [0.25, 0.3) is 0 Å². The van der Waals surface area contributed by atoms with Crippen molar-refractivity contribution < 1.29 is 0 Å². The first-order valence-electron chi connectivity index (χ1n) is 3.85. The minimum absolute atomic E-state index is 0.444. The van der Waals surface area contributed by atoms with Gasteiger partial charge in [0.1, 0.15) is 4.05 Å². The molecule has 1 rings (SSSR count). The molecule has 1 heterocycles. The standard InChI is InChI=1S/C9H13IN2/c1-3-5-11-8-4-6-12(2)9(10)7-8/h3-4,6-7,9,11H,1,5H2,2H3. The Balaban J connectivity index is 2.51. The van der Waals surface area contributed by atoms with Crippen molar-refractivity contribution in [1.82, 2.24) is 10.2 Å². The molecule has 1 unspecified atom stereocenters. The maximum absolute atomic E-state index is 3.65. The van der Waals surface area contributed by atoms with Gasteiger partial charge in [-0.1, -0.05) is 28.7 Å². The van der Waals surface area contributed by atoms with Crippen molar-refractivity contribution in [3.8, 4) is 0 Å². The second-order valence-corrected chi connectivity index (χ2v) is 3.92. The Hall–Kier alpha value is -0.450. The third kappa shape index (κ3) is 2.55. The lowest BCUT2D eigenvalue weighted by Crippen LogP contribution is -2.25. The average Bonchev–Trinajstić information content (AvgIpc) is 2.07. The van der Waals surface area contributed by atoms with E-state index < -0.39 is 0 Å². The van der Waals surface area contributed by atoms with Gasteiger partial charge in [0.15, 0.2) is 0 Å². The summed E-state index contributed by atoms with van der Waals surface area (Å²) in [4.78, 5) is 2.15. The molecule has 1 N–H and O–H groups in total. The number of nitrogens with zero attached hydrogens (tertiary/aromatic N) is 1. The minimum atomic E-state index is 0.444. The summed E-state index contributed by atoms with van der Waals surface area (Å²) in [5, 5.41) is 3.25. The van der Waals surface area contributed by atoms with E-state index in [2.05, 4.69) is 64.8 Å². The third-order valence-corrected chi connectivity index (χ3v) is 2.88. The lowest BCUT2D eigenvalue weighted by Gasteiger charge is -2.23. The maximum Gasteiger partial charge on any atom is 0.101 e. The molecule has 0 spiro atoms. The number of hydrogen-bond acceptors (Lipinski definition) is 2. The topological polar surface area (TPSA) is 15.3 Å². The van der Waals surface area contributed by atoms with E-state index in [1.165, 1.54) is 5.70 Å². The Morgan fingerprint density at radius 1 is 1.83 bits per heavy atom. The summed E-state index contributed by atoms with van der Waals surface area (Å²) >= 11 is 2.38. The molecule has 0 saturated heterocycles. The monoisotopic (exact) mass is 276 g/mol. The first-order valence-corrected chi connectivity index (χ1v) is 5.09. The predicted octanol–water partition coefficient (Wildman–Crippen LogP) is 1.87. The molecule has 0 saturated carbocycles. The lowest BCUT2D eigenvalue weighted by molar-refractivity contribution is 0.482. The van der Waals surface area contributed by atoms with Gasteiger partial charge < -0.3 is 10.2 Å². The summed E-state index contributed by atoms with van der Waals surface area (Å²) < 4.78 is 0.444. The van der Waals surface area contributed by atoms with E-state index in [9.17, 15) is 0 Å². The fraction of sp³-hybridized carbons (Fsp3) is 0.333. The highest BCUT2D eigenvalue weighted by Crippen LogP contribution is 2.15. The summed E-state index contributed by atoms with van der Waals surface area (Å²) in [5.41, 5.74) is 1.17. The molecule has 0 bridgehead atoms. The molecule has 0 radical (unpaired) electrons. The van der Waals surface area contributed by atoms with Gasteiger partial charge in [-0.2, -0.15) is 0 Å². The number of rotatable bonds is 3. The molecular weight excluding hydrogens is 263 g/mol. The van der Waals surface area contributed by atoms with Crippen LogP contribution in [0.1, 0.15) is 0 Å². The van der Waals surface area contributed by atoms with Crippen LogP contribution in [0.15, 0.2) is 36.7 Å². The molecule has 2 nitrogen and oxygen atoms in total. The van der Waals surface area contributed by atoms with Gasteiger partial charge in [0.05, 0.1) is 0 Å². The molecule has 3 heteroatoms. The van der Waals surface area contributed by atoms with Crippen LogP contribution in [0.4, 0.5) is 0 Å². The normalized spacial score (nSPS) is 22.0. The summed E-state index contributed by atoms with van der Waals surface area (Å²) in [7, 11) is 2.06. The third-order valence-electron chi connectivity index (χ3n) is 1.65. The highest BCUT2D eigenvalue weighted by atomic mass is 127. The van der Waals surface area contributed by atoms with Crippen LogP contribution in [0, 0.1) is 0 Å². The summed E-state index contributed by atoms with van der Waals surface area (Å²) in [6.45, 7) is 4.48. The Kier molecular flexibility index (Phi) is 3.65. The van der Waals surface area contributed by atoms with Crippen LogP contribution in [0.2, 0.25) is 0 Å². The molecule has 0 aromatic carbocycles. The molecular formula is C9H13IN2. The summed E-state index contributed by atoms with van der Waals surface area (Å²) in [6, 6.07) is 0. The number of likely N-dealkylation sites (N-methyl/N-ethyl adjacent to an activating group) is 1. The van der Waals surface area contributed by atoms with Gasteiger partial charge >= 0.3 is 0 Å². The molecule has 66 valence electrons. The van der Waals surface area contributed by atoms with Gasteiger partial charge in [-0.25, -0.2) is 0 Å². The van der Waals surface area contributed by atoms with Crippen molar-refractivity contribution in [2.45, 2.75) is 4.05 Å². The van der Waals surface area contributed by atoms with Crippen molar-refractivity contribution >= 4 is 22.6 Å². The summed E-state index contributed by atoms with van der Waals surface area (Å²) in [6.07, 6.45) is 8.18. The molecule has 0 amide bonds. The Morgan fingerprint density at radius 3 is 3.17 bits per heavy atom. The van der Waals surface area contributed by atoms with E-state index in [4.69, 9.17) is 0 Å². The van der Waals surface area contributed by atoms with E-state index in [0.29, 0.717) is 4.05 Å². The number of alkyl halides is 1. The van der Waals surface area contributed by atoms with Crippen LogP contribution in [0.25, 0.3) is 0 Å². The van der Waals surface area contributed by atoms with Crippen LogP contribution >= 0.6 is 22.6 Å². The Morgan fingerprint density at radius 2 is 2.58 bits per heavy atom. The molecule has 0 aromatic heterocycles. The van der Waals surface area contributed by atoms with Crippen LogP contribution < -0.4 is 5.32 Å². The number of allylic oxidation sites excluding steroid dienone is 1. The SMILES string of the molecule is C=CCNC1=CC(I)N(C)C=C1. The predicted molar refractivity (Wildman–Crippen MR) is 61.0 cm³/mol. The average molecular weight is 276 g/mol. The first-order chi connectivity index (χ1) is 5.74. The fourth-order valence-corrected chi connectivity index (χ4v) is 1.48. The molecule has 1 atom stereocenters. The molecule has 0 aliphatic carbocycles. The van der Waals surface area contributed by atoms with Crippen LogP contribution in [0.3, 0.4) is 0 Å². The van der Waals surface area contributed by atoms with Crippen LogP contribution in [-0.2, 0) is 0 Å². The zero-order chi connectivity index (χ0) is 8.97. The second-order valence-electron chi connectivity index (χ2n) is 2.65. The van der Waals surface area contributed by atoms with Crippen molar-refractivity contribution in [2.75, 3.05) is 13.6 Å². The quantitative estimate of drug-likeness (QED) is 0.366. The minimum Gasteiger partial charge on any atom is -0.382 e. The lowest BCUT2D eigenvalue weighted by atomic mass is 10.3. The van der Waals surface area contributed by atoms with Crippen molar-refractivity contribution in [1.29, 1.82) is 0 Å². The van der Waals surface area contributed by atoms with Gasteiger partial charge in [-0.15, -0.1) is 6.58 Å². The van der Waals surface area contributed by atoms with E-state index in [1.807, 2.05) is 6.08 Å².